The van der Waals surface area contributed by atoms with E-state index in [1.54, 1.807) is 53.0 Å². The van der Waals surface area contributed by atoms with Crippen molar-refractivity contribution in [1.29, 1.82) is 0 Å². The van der Waals surface area contributed by atoms with Gasteiger partial charge in [0, 0.05) is 58.6 Å². The van der Waals surface area contributed by atoms with Crippen molar-refractivity contribution < 1.29 is 14.4 Å². The van der Waals surface area contributed by atoms with E-state index in [9.17, 15) is 14.4 Å². The second kappa shape index (κ2) is 9.89. The van der Waals surface area contributed by atoms with Crippen LogP contribution in [0.4, 0.5) is 11.4 Å². The first-order valence-corrected chi connectivity index (χ1v) is 12.4. The van der Waals surface area contributed by atoms with Crippen molar-refractivity contribution in [2.45, 2.75) is 25.3 Å². The molecule has 4 aromatic rings. The molecule has 178 valence electrons. The number of halogens is 1. The smallest absolute Gasteiger partial charge is 0.254 e. The number of anilines is 2. The molecule has 1 saturated heterocycles. The number of aromatic nitrogens is 2. The standard InChI is InChI=1S/C25H22ClN5O3S/c26-19-14-28-20-13-15(4-9-18(19)20)23(33)30-22(25-27-10-12-35-25)24(34)29-16-5-7-17(8-6-16)31-11-2-1-3-21(31)32/h4-10,12-14,22,28H,1-3,11H2,(H,29,34)(H,30,33). The van der Waals surface area contributed by atoms with Crippen LogP contribution in [0.2, 0.25) is 5.02 Å². The number of carbonyl (C=O) groups excluding carboxylic acids is 3. The van der Waals surface area contributed by atoms with Gasteiger partial charge >= 0.3 is 0 Å². The van der Waals surface area contributed by atoms with Crippen LogP contribution in [-0.2, 0) is 9.59 Å². The number of amides is 3. The Hall–Kier alpha value is -3.69. The molecule has 3 heterocycles. The van der Waals surface area contributed by atoms with Gasteiger partial charge in [0.05, 0.1) is 5.02 Å². The van der Waals surface area contributed by atoms with Gasteiger partial charge < -0.3 is 20.5 Å². The zero-order chi connectivity index (χ0) is 24.4. The summed E-state index contributed by atoms with van der Waals surface area (Å²) in [4.78, 5) is 47.4. The first-order valence-electron chi connectivity index (χ1n) is 11.2. The van der Waals surface area contributed by atoms with Crippen LogP contribution < -0.4 is 15.5 Å². The predicted octanol–water partition coefficient (Wildman–Crippen LogP) is 4.90. The number of fused-ring (bicyclic) bond motifs is 1. The average molecular weight is 508 g/mol. The Labute approximate surface area is 210 Å². The molecule has 1 aliphatic rings. The van der Waals surface area contributed by atoms with E-state index in [0.717, 1.165) is 29.4 Å². The summed E-state index contributed by atoms with van der Waals surface area (Å²) in [6, 6.07) is 11.3. The molecule has 3 N–H and O–H groups in total. The van der Waals surface area contributed by atoms with Crippen molar-refractivity contribution in [3.63, 3.8) is 0 Å². The third-order valence-electron chi connectivity index (χ3n) is 5.90. The molecule has 0 saturated carbocycles. The highest BCUT2D eigenvalue weighted by molar-refractivity contribution is 7.09. The van der Waals surface area contributed by atoms with E-state index >= 15 is 0 Å². The number of H-pyrrole nitrogens is 1. The van der Waals surface area contributed by atoms with Crippen LogP contribution in [0.15, 0.2) is 60.2 Å². The van der Waals surface area contributed by atoms with Gasteiger partial charge in [-0.2, -0.15) is 0 Å². The van der Waals surface area contributed by atoms with Crippen LogP contribution >= 0.6 is 22.9 Å². The maximum atomic E-state index is 13.2. The molecule has 1 unspecified atom stereocenters. The Bertz CT molecular complexity index is 1380. The minimum absolute atomic E-state index is 0.111. The summed E-state index contributed by atoms with van der Waals surface area (Å²) < 4.78 is 0. The summed E-state index contributed by atoms with van der Waals surface area (Å²) in [6.45, 7) is 0.698. The Balaban J connectivity index is 1.32. The van der Waals surface area contributed by atoms with Gasteiger partial charge in [-0.15, -0.1) is 11.3 Å². The number of hydrogen-bond donors (Lipinski definition) is 3. The topological polar surface area (TPSA) is 107 Å². The number of nitrogens with zero attached hydrogens (tertiary/aromatic N) is 2. The summed E-state index contributed by atoms with van der Waals surface area (Å²) in [5, 5.41) is 9.24. The second-order valence-electron chi connectivity index (χ2n) is 8.21. The van der Waals surface area contributed by atoms with Gasteiger partial charge in [0.25, 0.3) is 11.8 Å². The van der Waals surface area contributed by atoms with Crippen molar-refractivity contribution in [1.82, 2.24) is 15.3 Å². The second-order valence-corrected chi connectivity index (χ2v) is 9.55. The maximum Gasteiger partial charge on any atom is 0.254 e. The number of aromatic amines is 1. The molecular weight excluding hydrogens is 486 g/mol. The largest absolute Gasteiger partial charge is 0.360 e. The fourth-order valence-electron chi connectivity index (χ4n) is 4.08. The van der Waals surface area contributed by atoms with E-state index in [1.165, 1.54) is 11.3 Å². The van der Waals surface area contributed by atoms with Crippen molar-refractivity contribution in [3.05, 3.63) is 75.8 Å². The van der Waals surface area contributed by atoms with E-state index in [1.807, 2.05) is 12.1 Å². The molecule has 10 heteroatoms. The van der Waals surface area contributed by atoms with Gasteiger partial charge in [-0.1, -0.05) is 17.7 Å². The quantitative estimate of drug-likeness (QED) is 0.345. The normalized spacial score (nSPS) is 14.7. The highest BCUT2D eigenvalue weighted by Crippen LogP contribution is 2.26. The Morgan fingerprint density at radius 3 is 2.71 bits per heavy atom. The van der Waals surface area contributed by atoms with Crippen molar-refractivity contribution in [2.75, 3.05) is 16.8 Å². The van der Waals surface area contributed by atoms with Crippen molar-refractivity contribution in [2.24, 2.45) is 0 Å². The zero-order valence-electron chi connectivity index (χ0n) is 18.6. The summed E-state index contributed by atoms with van der Waals surface area (Å²) >= 11 is 7.41. The molecule has 1 fully saturated rings. The highest BCUT2D eigenvalue weighted by Gasteiger charge is 2.26. The molecule has 0 aliphatic carbocycles. The fourth-order valence-corrected chi connectivity index (χ4v) is 4.99. The maximum absolute atomic E-state index is 13.2. The molecule has 8 nitrogen and oxygen atoms in total. The van der Waals surface area contributed by atoms with Crippen molar-refractivity contribution in [3.8, 4) is 0 Å². The van der Waals surface area contributed by atoms with Gasteiger partial charge in [-0.3, -0.25) is 14.4 Å². The molecule has 0 bridgehead atoms. The first kappa shape index (κ1) is 23.1. The lowest BCUT2D eigenvalue weighted by Gasteiger charge is -2.27. The Kier molecular flexibility index (Phi) is 6.52. The molecule has 5 rings (SSSR count). The van der Waals surface area contributed by atoms with Gasteiger partial charge in [0.2, 0.25) is 5.91 Å². The van der Waals surface area contributed by atoms with Crippen LogP contribution in [0.5, 0.6) is 0 Å². The number of carbonyl (C=O) groups is 3. The highest BCUT2D eigenvalue weighted by atomic mass is 35.5. The number of hydrogen-bond acceptors (Lipinski definition) is 5. The molecule has 3 amide bonds. The first-order chi connectivity index (χ1) is 17.0. The molecular formula is C25H22ClN5O3S. The summed E-state index contributed by atoms with van der Waals surface area (Å²) in [6.07, 6.45) is 5.69. The molecule has 1 aliphatic heterocycles. The van der Waals surface area contributed by atoms with Crippen LogP contribution in [0, 0.1) is 0 Å². The number of benzene rings is 2. The molecule has 2 aromatic heterocycles. The minimum Gasteiger partial charge on any atom is -0.360 e. The van der Waals surface area contributed by atoms with Gasteiger partial charge in [0.15, 0.2) is 6.04 Å². The number of piperidine rings is 1. The summed E-state index contributed by atoms with van der Waals surface area (Å²) in [7, 11) is 0. The number of thiazole rings is 1. The number of rotatable bonds is 6. The molecule has 0 spiro atoms. The predicted molar refractivity (Wildman–Crippen MR) is 137 cm³/mol. The zero-order valence-corrected chi connectivity index (χ0v) is 20.2. The minimum atomic E-state index is -0.978. The molecule has 0 radical (unpaired) electrons. The third-order valence-corrected chi connectivity index (χ3v) is 7.05. The van der Waals surface area contributed by atoms with Crippen LogP contribution in [0.1, 0.15) is 40.7 Å². The van der Waals surface area contributed by atoms with Crippen LogP contribution in [0.3, 0.4) is 0 Å². The number of nitrogens with one attached hydrogen (secondary N) is 3. The Morgan fingerprint density at radius 1 is 1.14 bits per heavy atom. The average Bonchev–Trinajstić information content (AvgIpc) is 3.53. The van der Waals surface area contributed by atoms with Gasteiger partial charge in [0.1, 0.15) is 5.01 Å². The lowest BCUT2D eigenvalue weighted by Crippen LogP contribution is -2.37. The van der Waals surface area contributed by atoms with Crippen LogP contribution in [-0.4, -0.2) is 34.2 Å². The fraction of sp³-hybridized carbons (Fsp3) is 0.200. The monoisotopic (exact) mass is 507 g/mol. The molecule has 2 aromatic carbocycles. The van der Waals surface area contributed by atoms with Gasteiger partial charge in [-0.05, 0) is 49.2 Å². The van der Waals surface area contributed by atoms with E-state index < -0.39 is 17.9 Å². The van der Waals surface area contributed by atoms with E-state index in [4.69, 9.17) is 11.6 Å². The molecule has 1 atom stereocenters. The summed E-state index contributed by atoms with van der Waals surface area (Å²) in [5.41, 5.74) is 2.48. The Morgan fingerprint density at radius 2 is 1.97 bits per heavy atom. The summed E-state index contributed by atoms with van der Waals surface area (Å²) in [5.74, 6) is -0.717. The van der Waals surface area contributed by atoms with E-state index in [0.29, 0.717) is 34.2 Å². The lowest BCUT2D eigenvalue weighted by atomic mass is 10.1. The van der Waals surface area contributed by atoms with Gasteiger partial charge in [-0.25, -0.2) is 4.98 Å². The lowest BCUT2D eigenvalue weighted by molar-refractivity contribution is -0.119. The van der Waals surface area contributed by atoms with E-state index in [-0.39, 0.29) is 5.91 Å². The van der Waals surface area contributed by atoms with E-state index in [2.05, 4.69) is 20.6 Å². The third kappa shape index (κ3) is 4.91. The molecule has 35 heavy (non-hydrogen) atoms. The van der Waals surface area contributed by atoms with Crippen LogP contribution in [0.25, 0.3) is 10.9 Å². The van der Waals surface area contributed by atoms with Crippen molar-refractivity contribution >= 4 is 62.9 Å². The SMILES string of the molecule is O=C(NC(C(=O)Nc1ccc(N2CCCCC2=O)cc1)c1nccs1)c1ccc2c(Cl)c[nH]c2c1.